The molecule has 0 unspecified atom stereocenters. The van der Waals surface area contributed by atoms with Gasteiger partial charge in [-0.15, -0.1) is 0 Å². The highest BCUT2D eigenvalue weighted by molar-refractivity contribution is 5.94. The van der Waals surface area contributed by atoms with Gasteiger partial charge in [0.1, 0.15) is 0 Å². The molecule has 1 aromatic heterocycles. The van der Waals surface area contributed by atoms with E-state index in [0.717, 1.165) is 46.6 Å². The molecule has 27 heavy (non-hydrogen) atoms. The molecule has 0 fully saturated rings. The Bertz CT molecular complexity index is 802. The molecule has 0 aliphatic rings. The van der Waals surface area contributed by atoms with Crippen molar-refractivity contribution in [2.45, 2.75) is 53.4 Å². The van der Waals surface area contributed by atoms with E-state index >= 15 is 0 Å². The van der Waals surface area contributed by atoms with Crippen LogP contribution in [0.3, 0.4) is 0 Å². The van der Waals surface area contributed by atoms with E-state index in [1.807, 2.05) is 52.9 Å². The molecule has 0 spiro atoms. The number of nitrogens with one attached hydrogen (secondary N) is 1. The van der Waals surface area contributed by atoms with Gasteiger partial charge in [0.25, 0.3) is 5.91 Å². The zero-order chi connectivity index (χ0) is 20.0. The van der Waals surface area contributed by atoms with Crippen LogP contribution in [0.1, 0.15) is 48.3 Å². The van der Waals surface area contributed by atoms with Gasteiger partial charge in [0.05, 0.1) is 5.69 Å². The fourth-order valence-electron chi connectivity index (χ4n) is 3.20. The van der Waals surface area contributed by atoms with E-state index in [-0.39, 0.29) is 24.9 Å². The van der Waals surface area contributed by atoms with Gasteiger partial charge in [0.15, 0.2) is 6.61 Å². The first kappa shape index (κ1) is 20.7. The van der Waals surface area contributed by atoms with E-state index in [0.29, 0.717) is 6.42 Å². The van der Waals surface area contributed by atoms with Gasteiger partial charge in [-0.25, -0.2) is 0 Å². The molecule has 2 aromatic rings. The number of hydrogen-bond donors (Lipinski definition) is 1. The predicted octanol–water partition coefficient (Wildman–Crippen LogP) is 3.28. The molecule has 0 radical (unpaired) electrons. The van der Waals surface area contributed by atoms with Crippen LogP contribution < -0.4 is 5.32 Å². The lowest BCUT2D eigenvalue weighted by molar-refractivity contribution is -0.147. The van der Waals surface area contributed by atoms with Crippen LogP contribution in [0.5, 0.6) is 0 Å². The maximum atomic E-state index is 12.2. The van der Waals surface area contributed by atoms with Gasteiger partial charge in [0, 0.05) is 24.8 Å². The van der Waals surface area contributed by atoms with Gasteiger partial charge >= 0.3 is 5.97 Å². The highest BCUT2D eigenvalue weighted by Crippen LogP contribution is 2.22. The normalized spacial score (nSPS) is 10.7. The molecular weight excluding hydrogens is 342 g/mol. The van der Waals surface area contributed by atoms with E-state index in [9.17, 15) is 9.59 Å². The van der Waals surface area contributed by atoms with Gasteiger partial charge in [-0.3, -0.25) is 14.3 Å². The molecule has 2 rings (SSSR count). The van der Waals surface area contributed by atoms with Gasteiger partial charge < -0.3 is 10.1 Å². The summed E-state index contributed by atoms with van der Waals surface area (Å²) in [7, 11) is 1.88. The fraction of sp³-hybridized carbons (Fsp3) is 0.476. The molecule has 0 saturated carbocycles. The number of carbonyl (C=O) groups excluding carboxylic acids is 2. The lowest BCUT2D eigenvalue weighted by atomic mass is 10.0. The molecule has 0 aliphatic heterocycles. The average molecular weight is 371 g/mol. The number of anilines is 1. The topological polar surface area (TPSA) is 73.2 Å². The van der Waals surface area contributed by atoms with Crippen molar-refractivity contribution in [3.8, 4) is 0 Å². The largest absolute Gasteiger partial charge is 0.456 e. The summed E-state index contributed by atoms with van der Waals surface area (Å²) in [6.07, 6.45) is 2.44. The molecule has 1 aromatic carbocycles. The highest BCUT2D eigenvalue weighted by Gasteiger charge is 2.14. The van der Waals surface area contributed by atoms with Crippen LogP contribution in [-0.2, 0) is 40.6 Å². The number of benzene rings is 1. The minimum absolute atomic E-state index is 0.229. The quantitative estimate of drug-likeness (QED) is 0.723. The first-order chi connectivity index (χ1) is 12.9. The smallest absolute Gasteiger partial charge is 0.306 e. The first-order valence-electron chi connectivity index (χ1n) is 9.42. The van der Waals surface area contributed by atoms with Crippen molar-refractivity contribution >= 4 is 17.6 Å². The summed E-state index contributed by atoms with van der Waals surface area (Å²) in [4.78, 5) is 24.3. The van der Waals surface area contributed by atoms with Crippen molar-refractivity contribution in [1.82, 2.24) is 9.78 Å². The van der Waals surface area contributed by atoms with E-state index in [1.165, 1.54) is 0 Å². The number of carbonyl (C=O) groups is 2. The number of ether oxygens (including phenoxy) is 1. The zero-order valence-electron chi connectivity index (χ0n) is 16.9. The summed E-state index contributed by atoms with van der Waals surface area (Å²) in [5, 5.41) is 7.24. The van der Waals surface area contributed by atoms with Crippen LogP contribution >= 0.6 is 0 Å². The molecule has 0 bridgehead atoms. The molecule has 0 saturated heterocycles. The molecule has 146 valence electrons. The number of aromatic nitrogens is 2. The summed E-state index contributed by atoms with van der Waals surface area (Å²) in [6.45, 7) is 7.73. The third-order valence-corrected chi connectivity index (χ3v) is 4.87. The average Bonchev–Trinajstić information content (AvgIpc) is 2.90. The summed E-state index contributed by atoms with van der Waals surface area (Å²) < 4.78 is 6.96. The fourth-order valence-corrected chi connectivity index (χ4v) is 3.20. The Labute approximate surface area is 160 Å². The maximum absolute atomic E-state index is 12.2. The number of para-hydroxylation sites is 1. The molecule has 0 atom stereocenters. The van der Waals surface area contributed by atoms with Crippen LogP contribution in [-0.4, -0.2) is 28.3 Å². The molecular formula is C21H29N3O3. The van der Waals surface area contributed by atoms with Crippen molar-refractivity contribution in [1.29, 1.82) is 0 Å². The van der Waals surface area contributed by atoms with E-state index in [1.54, 1.807) is 4.68 Å². The zero-order valence-corrected chi connectivity index (χ0v) is 16.9. The van der Waals surface area contributed by atoms with Gasteiger partial charge in [0.2, 0.25) is 0 Å². The Morgan fingerprint density at radius 2 is 1.78 bits per heavy atom. The van der Waals surface area contributed by atoms with Gasteiger partial charge in [-0.1, -0.05) is 32.0 Å². The monoisotopic (exact) mass is 371 g/mol. The Balaban J connectivity index is 1.88. The van der Waals surface area contributed by atoms with Gasteiger partial charge in [-0.05, 0) is 49.8 Å². The SMILES string of the molecule is CCc1cccc(CC)c1NC(=O)COC(=O)CCc1c(C)nn(C)c1C. The van der Waals surface area contributed by atoms with Crippen LogP contribution in [0.4, 0.5) is 5.69 Å². The number of nitrogens with zero attached hydrogens (tertiary/aromatic N) is 2. The second-order valence-corrected chi connectivity index (χ2v) is 6.64. The Morgan fingerprint density at radius 3 is 2.30 bits per heavy atom. The number of aryl methyl sites for hydroxylation is 4. The minimum Gasteiger partial charge on any atom is -0.456 e. The number of amides is 1. The summed E-state index contributed by atoms with van der Waals surface area (Å²) in [5.41, 5.74) is 6.02. The maximum Gasteiger partial charge on any atom is 0.306 e. The molecule has 1 N–H and O–H groups in total. The van der Waals surface area contributed by atoms with Crippen LogP contribution in [0, 0.1) is 13.8 Å². The van der Waals surface area contributed by atoms with Crippen LogP contribution in [0.15, 0.2) is 18.2 Å². The van der Waals surface area contributed by atoms with Gasteiger partial charge in [-0.2, -0.15) is 5.10 Å². The molecule has 1 heterocycles. The molecule has 6 nitrogen and oxygen atoms in total. The third-order valence-electron chi connectivity index (χ3n) is 4.87. The highest BCUT2D eigenvalue weighted by atomic mass is 16.5. The predicted molar refractivity (Wildman–Crippen MR) is 106 cm³/mol. The second kappa shape index (κ2) is 9.35. The first-order valence-corrected chi connectivity index (χ1v) is 9.42. The molecule has 0 aliphatic carbocycles. The standard InChI is InChI=1S/C21H29N3O3/c1-6-16-9-8-10-17(7-2)21(16)22-19(25)13-27-20(26)12-11-18-14(3)23-24(5)15(18)4/h8-10H,6-7,11-13H2,1-5H3,(H,22,25). The van der Waals surface area contributed by atoms with E-state index in [2.05, 4.69) is 10.4 Å². The second-order valence-electron chi connectivity index (χ2n) is 6.64. The van der Waals surface area contributed by atoms with Crippen molar-refractivity contribution in [3.63, 3.8) is 0 Å². The molecule has 6 heteroatoms. The lowest BCUT2D eigenvalue weighted by Gasteiger charge is -2.14. The van der Waals surface area contributed by atoms with Crippen LogP contribution in [0.25, 0.3) is 0 Å². The number of esters is 1. The number of hydrogen-bond acceptors (Lipinski definition) is 4. The third kappa shape index (κ3) is 5.18. The van der Waals surface area contributed by atoms with Crippen molar-refractivity contribution in [2.24, 2.45) is 7.05 Å². The Hall–Kier alpha value is -2.63. The Morgan fingerprint density at radius 1 is 1.15 bits per heavy atom. The van der Waals surface area contributed by atoms with Crippen molar-refractivity contribution < 1.29 is 14.3 Å². The van der Waals surface area contributed by atoms with E-state index < -0.39 is 0 Å². The minimum atomic E-state index is -0.382. The summed E-state index contributed by atoms with van der Waals surface area (Å²) in [5.74, 6) is -0.694. The van der Waals surface area contributed by atoms with Crippen molar-refractivity contribution in [2.75, 3.05) is 11.9 Å². The van der Waals surface area contributed by atoms with E-state index in [4.69, 9.17) is 4.74 Å². The van der Waals surface area contributed by atoms with Crippen LogP contribution in [0.2, 0.25) is 0 Å². The summed E-state index contributed by atoms with van der Waals surface area (Å²) >= 11 is 0. The Kier molecular flexibility index (Phi) is 7.16. The number of rotatable bonds is 8. The summed E-state index contributed by atoms with van der Waals surface area (Å²) in [6, 6.07) is 5.99. The lowest BCUT2D eigenvalue weighted by Crippen LogP contribution is -2.22. The molecule has 1 amide bonds. The van der Waals surface area contributed by atoms with Crippen molar-refractivity contribution in [3.05, 3.63) is 46.3 Å².